The van der Waals surface area contributed by atoms with Crippen molar-refractivity contribution in [3.8, 4) is 0 Å². The van der Waals surface area contributed by atoms with Gasteiger partial charge in [0.15, 0.2) is 5.54 Å². The Kier molecular flexibility index (Phi) is 4.65. The van der Waals surface area contributed by atoms with Crippen molar-refractivity contribution < 1.29 is 13.2 Å². The summed E-state index contributed by atoms with van der Waals surface area (Å²) < 4.78 is 27.1. The molecule has 0 aliphatic heterocycles. The van der Waals surface area contributed by atoms with Crippen LogP contribution >= 0.6 is 0 Å². The zero-order valence-corrected chi connectivity index (χ0v) is 12.4. The molecule has 19 heavy (non-hydrogen) atoms. The summed E-state index contributed by atoms with van der Waals surface area (Å²) >= 11 is 0. The molecule has 1 N–H and O–H groups in total. The molecule has 106 valence electrons. The highest BCUT2D eigenvalue weighted by Gasteiger charge is 2.22. The number of hydrogen-bond acceptors (Lipinski definition) is 4. The maximum atomic E-state index is 12.0. The molecular weight excluding hydrogens is 266 g/mol. The van der Waals surface area contributed by atoms with Gasteiger partial charge in [-0.2, -0.15) is 0 Å². The van der Waals surface area contributed by atoms with Crippen molar-refractivity contribution in [2.45, 2.75) is 38.1 Å². The fraction of sp³-hybridized carbons (Fsp3) is 0.500. The summed E-state index contributed by atoms with van der Waals surface area (Å²) in [6.07, 6.45) is 2.65. The summed E-state index contributed by atoms with van der Waals surface area (Å²) in [7, 11) is -3.64. The van der Waals surface area contributed by atoms with Gasteiger partial charge in [0.05, 0.1) is 0 Å². The third-order valence-corrected chi connectivity index (χ3v) is 3.92. The number of nitrogens with one attached hydrogen (secondary N) is 1. The van der Waals surface area contributed by atoms with Crippen LogP contribution in [0, 0.1) is 5.21 Å². The maximum absolute atomic E-state index is 12.0. The molecule has 0 atom stereocenters. The molecule has 0 radical (unpaired) electrons. The minimum atomic E-state index is -3.64. The Morgan fingerprint density at radius 1 is 1.47 bits per heavy atom. The van der Waals surface area contributed by atoms with Gasteiger partial charge in [-0.05, 0) is 12.1 Å². The molecule has 0 spiro atoms. The fourth-order valence-corrected chi connectivity index (χ4v) is 2.47. The molecule has 1 aromatic rings. The lowest BCUT2D eigenvalue weighted by Crippen LogP contribution is -2.30. The van der Waals surface area contributed by atoms with Crippen molar-refractivity contribution in [3.63, 3.8) is 0 Å². The van der Waals surface area contributed by atoms with E-state index in [9.17, 15) is 13.6 Å². The molecule has 1 rings (SSSR count). The van der Waals surface area contributed by atoms with Gasteiger partial charge in [0.25, 0.3) is 0 Å². The summed E-state index contributed by atoms with van der Waals surface area (Å²) in [5, 5.41) is 11.9. The number of pyridine rings is 1. The van der Waals surface area contributed by atoms with E-state index in [1.165, 1.54) is 24.5 Å². The first-order valence-electron chi connectivity index (χ1n) is 5.94. The molecule has 0 aliphatic carbocycles. The van der Waals surface area contributed by atoms with Crippen LogP contribution in [0.2, 0.25) is 0 Å². The quantitative estimate of drug-likeness (QED) is 0.388. The number of nitrogens with zero attached hydrogens (tertiary/aromatic N) is 2. The molecular formula is C12H19N3O3S. The summed E-state index contributed by atoms with van der Waals surface area (Å²) in [6.45, 7) is 7.16. The molecule has 7 heteroatoms. The lowest BCUT2D eigenvalue weighted by atomic mass is 10.1. The van der Waals surface area contributed by atoms with E-state index in [-0.39, 0.29) is 17.1 Å². The van der Waals surface area contributed by atoms with Crippen molar-refractivity contribution in [2.24, 2.45) is 0 Å². The van der Waals surface area contributed by atoms with E-state index in [4.69, 9.17) is 0 Å². The maximum Gasteiger partial charge on any atom is 0.242 e. The fourth-order valence-electron chi connectivity index (χ4n) is 1.30. The van der Waals surface area contributed by atoms with Crippen LogP contribution in [0.1, 0.15) is 33.4 Å². The van der Waals surface area contributed by atoms with Gasteiger partial charge in [0.1, 0.15) is 10.6 Å². The highest BCUT2D eigenvalue weighted by Crippen LogP contribution is 2.12. The average Bonchev–Trinajstić information content (AvgIpc) is 2.28. The molecule has 0 amide bonds. The molecule has 0 aliphatic rings. The monoisotopic (exact) mass is 285 g/mol. The van der Waals surface area contributed by atoms with Crippen LogP contribution in [0.15, 0.2) is 23.2 Å². The zero-order chi connectivity index (χ0) is 14.7. The molecule has 0 aromatic carbocycles. The van der Waals surface area contributed by atoms with E-state index in [0.29, 0.717) is 4.74 Å². The Labute approximate surface area is 113 Å². The highest BCUT2D eigenvalue weighted by molar-refractivity contribution is 7.89. The second kappa shape index (κ2) is 5.66. The zero-order valence-electron chi connectivity index (χ0n) is 11.5. The molecule has 0 fully saturated rings. The summed E-state index contributed by atoms with van der Waals surface area (Å²) in [4.78, 5) is 3.97. The van der Waals surface area contributed by atoms with Crippen molar-refractivity contribution in [3.05, 3.63) is 29.2 Å². The largest absolute Gasteiger partial charge is 0.623 e. The summed E-state index contributed by atoms with van der Waals surface area (Å²) in [5.41, 5.74) is -0.523. The van der Waals surface area contributed by atoms with Crippen molar-refractivity contribution >= 4 is 16.2 Å². The summed E-state index contributed by atoms with van der Waals surface area (Å²) in [6, 6.07) is 2.95. The van der Waals surface area contributed by atoms with Crippen LogP contribution in [-0.4, -0.2) is 36.4 Å². The van der Waals surface area contributed by atoms with Gasteiger partial charge in [0, 0.05) is 33.5 Å². The predicted octanol–water partition coefficient (Wildman–Crippen LogP) is 1.11. The lowest BCUT2D eigenvalue weighted by Gasteiger charge is -2.18. The standard InChI is InChI=1S/C12H19N3O3S/c1-5-14-19(17,18)11-7-6-8-13-10(11)9-15(16)12(2,3)4/h6-9,14H,5H2,1-4H3/b15-9-. The minimum Gasteiger partial charge on any atom is -0.623 e. The van der Waals surface area contributed by atoms with Crippen molar-refractivity contribution in [2.75, 3.05) is 6.54 Å². The smallest absolute Gasteiger partial charge is 0.242 e. The van der Waals surface area contributed by atoms with E-state index in [2.05, 4.69) is 9.71 Å². The van der Waals surface area contributed by atoms with Gasteiger partial charge < -0.3 is 5.21 Å². The first kappa shape index (κ1) is 15.6. The van der Waals surface area contributed by atoms with Gasteiger partial charge in [-0.25, -0.2) is 22.9 Å². The Bertz CT molecular complexity index is 574. The first-order chi connectivity index (χ1) is 8.68. The van der Waals surface area contributed by atoms with Crippen LogP contribution in [0.5, 0.6) is 0 Å². The molecule has 1 aromatic heterocycles. The molecule has 0 unspecified atom stereocenters. The van der Waals surface area contributed by atoms with Crippen LogP contribution < -0.4 is 4.72 Å². The van der Waals surface area contributed by atoms with Crippen molar-refractivity contribution in [1.29, 1.82) is 0 Å². The van der Waals surface area contributed by atoms with Crippen molar-refractivity contribution in [1.82, 2.24) is 9.71 Å². The molecule has 1 heterocycles. The molecule has 0 saturated carbocycles. The van der Waals surface area contributed by atoms with E-state index in [1.54, 1.807) is 27.7 Å². The first-order valence-corrected chi connectivity index (χ1v) is 7.43. The number of sulfonamides is 1. The minimum absolute atomic E-state index is 0.00181. The van der Waals surface area contributed by atoms with Gasteiger partial charge in [-0.3, -0.25) is 0 Å². The third kappa shape index (κ3) is 4.00. The summed E-state index contributed by atoms with van der Waals surface area (Å²) in [5.74, 6) is 0. The second-order valence-corrected chi connectivity index (χ2v) is 6.75. The van der Waals surface area contributed by atoms with Crippen LogP contribution in [0.3, 0.4) is 0 Å². The molecule has 6 nitrogen and oxygen atoms in total. The lowest BCUT2D eigenvalue weighted by molar-refractivity contribution is -0.530. The number of hydrogen-bond donors (Lipinski definition) is 1. The average molecular weight is 285 g/mol. The van der Waals surface area contributed by atoms with Gasteiger partial charge in [0.2, 0.25) is 16.2 Å². The van der Waals surface area contributed by atoms with E-state index in [0.717, 1.165) is 0 Å². The SMILES string of the molecule is CCNS(=O)(=O)c1cccnc1/C=[N+](\[O-])C(C)(C)C. The highest BCUT2D eigenvalue weighted by atomic mass is 32.2. The second-order valence-electron chi connectivity index (χ2n) is 5.01. The predicted molar refractivity (Wildman–Crippen MR) is 73.6 cm³/mol. The number of hydroxylamine groups is 1. The Morgan fingerprint density at radius 2 is 2.11 bits per heavy atom. The molecule has 0 saturated heterocycles. The van der Waals surface area contributed by atoms with Crippen LogP contribution in [0.4, 0.5) is 0 Å². The normalized spacial score (nSPS) is 13.6. The molecule has 0 bridgehead atoms. The number of rotatable bonds is 4. The van der Waals surface area contributed by atoms with Crippen LogP contribution in [0.25, 0.3) is 0 Å². The van der Waals surface area contributed by atoms with E-state index < -0.39 is 15.6 Å². The van der Waals surface area contributed by atoms with E-state index in [1.807, 2.05) is 0 Å². The van der Waals surface area contributed by atoms with Gasteiger partial charge >= 0.3 is 0 Å². The Hall–Kier alpha value is -1.47. The Balaban J connectivity index is 3.33. The third-order valence-electron chi connectivity index (χ3n) is 2.32. The van der Waals surface area contributed by atoms with Crippen LogP contribution in [-0.2, 0) is 10.0 Å². The van der Waals surface area contributed by atoms with Gasteiger partial charge in [-0.15, -0.1) is 0 Å². The topological polar surface area (TPSA) is 85.1 Å². The Morgan fingerprint density at radius 3 is 2.63 bits per heavy atom. The number of aromatic nitrogens is 1. The van der Waals surface area contributed by atoms with E-state index >= 15 is 0 Å². The van der Waals surface area contributed by atoms with Gasteiger partial charge in [-0.1, -0.05) is 6.92 Å².